The van der Waals surface area contributed by atoms with E-state index in [0.717, 1.165) is 25.8 Å². The number of benzene rings is 1. The topological polar surface area (TPSA) is 41.6 Å². The molecule has 1 aromatic rings. The van der Waals surface area contributed by atoms with Gasteiger partial charge in [-0.1, -0.05) is 18.6 Å². The Balaban J connectivity index is 2.04. The van der Waals surface area contributed by atoms with Crippen molar-refractivity contribution in [1.82, 2.24) is 10.2 Å². The Labute approximate surface area is 123 Å². The van der Waals surface area contributed by atoms with Gasteiger partial charge in [0.2, 0.25) is 0 Å². The maximum absolute atomic E-state index is 12.4. The molecule has 1 heterocycles. The molecular formula is C15H20F2N2O2. The molecule has 0 spiro atoms. The highest BCUT2D eigenvalue weighted by Gasteiger charge is 2.21. The van der Waals surface area contributed by atoms with Crippen molar-refractivity contribution < 1.29 is 18.3 Å². The smallest absolute Gasteiger partial charge is 0.387 e. The van der Waals surface area contributed by atoms with E-state index in [0.29, 0.717) is 6.54 Å². The van der Waals surface area contributed by atoms with Gasteiger partial charge in [0.25, 0.3) is 5.91 Å². The summed E-state index contributed by atoms with van der Waals surface area (Å²) in [6.07, 6.45) is 3.32. The molecule has 1 aromatic carbocycles. The molecule has 0 radical (unpaired) electrons. The standard InChI is InChI=1S/C15H20F2N2O2/c1-19(10-11-6-4-5-9-18-11)14(20)12-7-2-3-8-13(12)21-15(16)17/h2-3,7-8,11,15,18H,4-6,9-10H2,1H3. The Hall–Kier alpha value is -1.69. The van der Waals surface area contributed by atoms with Gasteiger partial charge in [-0.15, -0.1) is 0 Å². The van der Waals surface area contributed by atoms with Crippen molar-refractivity contribution in [2.24, 2.45) is 0 Å². The molecule has 4 nitrogen and oxygen atoms in total. The quantitative estimate of drug-likeness (QED) is 0.908. The van der Waals surface area contributed by atoms with Crippen LogP contribution in [-0.4, -0.2) is 43.6 Å². The number of carbonyl (C=O) groups excluding carboxylic acids is 1. The fraction of sp³-hybridized carbons (Fsp3) is 0.533. The molecular weight excluding hydrogens is 278 g/mol. The largest absolute Gasteiger partial charge is 0.434 e. The molecule has 21 heavy (non-hydrogen) atoms. The van der Waals surface area contributed by atoms with Gasteiger partial charge in [0, 0.05) is 19.6 Å². The van der Waals surface area contributed by atoms with E-state index in [-0.39, 0.29) is 23.3 Å². The molecule has 1 N–H and O–H groups in total. The predicted molar refractivity (Wildman–Crippen MR) is 75.7 cm³/mol. The second-order valence-corrected chi connectivity index (χ2v) is 5.21. The monoisotopic (exact) mass is 298 g/mol. The van der Waals surface area contributed by atoms with Crippen LogP contribution in [0.15, 0.2) is 24.3 Å². The van der Waals surface area contributed by atoms with E-state index in [4.69, 9.17) is 0 Å². The van der Waals surface area contributed by atoms with Crippen LogP contribution in [0, 0.1) is 0 Å². The van der Waals surface area contributed by atoms with Crippen LogP contribution in [-0.2, 0) is 0 Å². The molecule has 0 aliphatic carbocycles. The van der Waals surface area contributed by atoms with Gasteiger partial charge in [-0.2, -0.15) is 8.78 Å². The van der Waals surface area contributed by atoms with E-state index in [9.17, 15) is 13.6 Å². The maximum Gasteiger partial charge on any atom is 0.387 e. The Bertz CT molecular complexity index is 476. The highest BCUT2D eigenvalue weighted by molar-refractivity contribution is 5.96. The number of carbonyl (C=O) groups is 1. The number of hydrogen-bond donors (Lipinski definition) is 1. The maximum atomic E-state index is 12.4. The van der Waals surface area contributed by atoms with Gasteiger partial charge in [0.1, 0.15) is 5.75 Å². The zero-order valence-corrected chi connectivity index (χ0v) is 12.0. The number of para-hydroxylation sites is 1. The fourth-order valence-corrected chi connectivity index (χ4v) is 2.54. The van der Waals surface area contributed by atoms with Crippen molar-refractivity contribution in [2.75, 3.05) is 20.1 Å². The van der Waals surface area contributed by atoms with Crippen molar-refractivity contribution in [1.29, 1.82) is 0 Å². The van der Waals surface area contributed by atoms with Gasteiger partial charge in [-0.05, 0) is 31.5 Å². The van der Waals surface area contributed by atoms with Crippen molar-refractivity contribution >= 4 is 5.91 Å². The number of nitrogens with one attached hydrogen (secondary N) is 1. The molecule has 6 heteroatoms. The number of alkyl halides is 2. The molecule has 1 amide bonds. The molecule has 2 rings (SSSR count). The third kappa shape index (κ3) is 4.39. The van der Waals surface area contributed by atoms with Crippen molar-refractivity contribution in [2.45, 2.75) is 31.9 Å². The van der Waals surface area contributed by atoms with Crippen LogP contribution in [0.5, 0.6) is 5.75 Å². The number of nitrogens with zero attached hydrogens (tertiary/aromatic N) is 1. The Morgan fingerprint density at radius 2 is 2.19 bits per heavy atom. The zero-order valence-electron chi connectivity index (χ0n) is 12.0. The molecule has 1 fully saturated rings. The van der Waals surface area contributed by atoms with E-state index in [1.165, 1.54) is 12.1 Å². The lowest BCUT2D eigenvalue weighted by molar-refractivity contribution is -0.0502. The summed E-state index contributed by atoms with van der Waals surface area (Å²) < 4.78 is 29.2. The van der Waals surface area contributed by atoms with Crippen molar-refractivity contribution in [3.8, 4) is 5.75 Å². The van der Waals surface area contributed by atoms with Gasteiger partial charge in [-0.25, -0.2) is 0 Å². The summed E-state index contributed by atoms with van der Waals surface area (Å²) in [5.41, 5.74) is 0.163. The first-order chi connectivity index (χ1) is 10.1. The lowest BCUT2D eigenvalue weighted by Crippen LogP contribution is -2.44. The minimum atomic E-state index is -2.94. The van der Waals surface area contributed by atoms with Crippen LogP contribution in [0.1, 0.15) is 29.6 Å². The van der Waals surface area contributed by atoms with Crippen molar-refractivity contribution in [3.05, 3.63) is 29.8 Å². The number of amides is 1. The molecule has 0 aromatic heterocycles. The van der Waals surface area contributed by atoms with Crippen molar-refractivity contribution in [3.63, 3.8) is 0 Å². The first kappa shape index (κ1) is 15.7. The van der Waals surface area contributed by atoms with Gasteiger partial charge < -0.3 is 15.0 Å². The van der Waals surface area contributed by atoms with Crippen LogP contribution < -0.4 is 10.1 Å². The van der Waals surface area contributed by atoms with E-state index >= 15 is 0 Å². The average molecular weight is 298 g/mol. The van der Waals surface area contributed by atoms with Gasteiger partial charge >= 0.3 is 6.61 Å². The summed E-state index contributed by atoms with van der Waals surface area (Å²) in [4.78, 5) is 13.9. The van der Waals surface area contributed by atoms with Gasteiger partial charge in [-0.3, -0.25) is 4.79 Å². The lowest BCUT2D eigenvalue weighted by Gasteiger charge is -2.28. The number of likely N-dealkylation sites (N-methyl/N-ethyl adjacent to an activating group) is 1. The second kappa shape index (κ2) is 7.36. The summed E-state index contributed by atoms with van der Waals surface area (Å²) in [5.74, 6) is -0.389. The number of halogens is 2. The van der Waals surface area contributed by atoms with Crippen LogP contribution >= 0.6 is 0 Å². The van der Waals surface area contributed by atoms with E-state index in [1.54, 1.807) is 24.1 Å². The Morgan fingerprint density at radius 1 is 1.43 bits per heavy atom. The summed E-state index contributed by atoms with van der Waals surface area (Å²) in [6, 6.07) is 6.35. The van der Waals surface area contributed by atoms with Crippen LogP contribution in [0.25, 0.3) is 0 Å². The predicted octanol–water partition coefficient (Wildman–Crippen LogP) is 2.50. The summed E-state index contributed by atoms with van der Waals surface area (Å²) >= 11 is 0. The number of hydrogen-bond acceptors (Lipinski definition) is 3. The number of ether oxygens (including phenoxy) is 1. The number of piperidine rings is 1. The van der Waals surface area contributed by atoms with E-state index < -0.39 is 6.61 Å². The number of rotatable bonds is 5. The van der Waals surface area contributed by atoms with Gasteiger partial charge in [0.05, 0.1) is 5.56 Å². The minimum absolute atomic E-state index is 0.0825. The summed E-state index contributed by atoms with van der Waals surface area (Å²) in [5, 5.41) is 3.36. The first-order valence-corrected chi connectivity index (χ1v) is 7.10. The normalized spacial score (nSPS) is 18.6. The molecule has 1 aliphatic rings. The van der Waals surface area contributed by atoms with Gasteiger partial charge in [0.15, 0.2) is 0 Å². The second-order valence-electron chi connectivity index (χ2n) is 5.21. The molecule has 1 atom stereocenters. The fourth-order valence-electron chi connectivity index (χ4n) is 2.54. The summed E-state index contributed by atoms with van der Waals surface area (Å²) in [7, 11) is 1.68. The molecule has 116 valence electrons. The minimum Gasteiger partial charge on any atom is -0.434 e. The summed E-state index contributed by atoms with van der Waals surface area (Å²) in [6.45, 7) is -1.43. The highest BCUT2D eigenvalue weighted by atomic mass is 19.3. The molecule has 1 aliphatic heterocycles. The molecule has 0 saturated carbocycles. The molecule has 0 bridgehead atoms. The zero-order chi connectivity index (χ0) is 15.2. The van der Waals surface area contributed by atoms with Crippen LogP contribution in [0.4, 0.5) is 8.78 Å². The SMILES string of the molecule is CN(CC1CCCCN1)C(=O)c1ccccc1OC(F)F. The molecule has 1 unspecified atom stereocenters. The highest BCUT2D eigenvalue weighted by Crippen LogP contribution is 2.22. The van der Waals surface area contributed by atoms with Crippen LogP contribution in [0.3, 0.4) is 0 Å². The lowest BCUT2D eigenvalue weighted by atomic mass is 10.0. The third-order valence-corrected chi connectivity index (χ3v) is 3.59. The van der Waals surface area contributed by atoms with E-state index in [1.807, 2.05) is 0 Å². The Morgan fingerprint density at radius 3 is 2.86 bits per heavy atom. The van der Waals surface area contributed by atoms with E-state index in [2.05, 4.69) is 10.1 Å². The van der Waals surface area contributed by atoms with Crippen LogP contribution in [0.2, 0.25) is 0 Å². The third-order valence-electron chi connectivity index (χ3n) is 3.59. The Kier molecular flexibility index (Phi) is 5.50. The average Bonchev–Trinajstić information content (AvgIpc) is 2.47. The first-order valence-electron chi connectivity index (χ1n) is 7.10. The molecule has 1 saturated heterocycles.